The zero-order chi connectivity index (χ0) is 13.7. The van der Waals surface area contributed by atoms with E-state index in [0.29, 0.717) is 5.92 Å². The first-order valence-electron chi connectivity index (χ1n) is 6.99. The quantitative estimate of drug-likeness (QED) is 0.822. The summed E-state index contributed by atoms with van der Waals surface area (Å²) in [7, 11) is 0. The topological polar surface area (TPSA) is 21.3 Å². The second-order valence-electron chi connectivity index (χ2n) is 5.06. The van der Waals surface area contributed by atoms with Crippen LogP contribution in [0.5, 0.6) is 0 Å². The predicted octanol–water partition coefficient (Wildman–Crippen LogP) is 4.06. The van der Waals surface area contributed by atoms with Gasteiger partial charge in [-0.25, -0.2) is 4.39 Å². The molecule has 2 rings (SSSR count). The van der Waals surface area contributed by atoms with Crippen molar-refractivity contribution >= 4 is 15.9 Å². The molecule has 0 bridgehead atoms. The monoisotopic (exact) mass is 329 g/mol. The highest BCUT2D eigenvalue weighted by atomic mass is 79.9. The molecule has 1 fully saturated rings. The molecule has 1 aliphatic heterocycles. The van der Waals surface area contributed by atoms with E-state index in [1.54, 1.807) is 0 Å². The largest absolute Gasteiger partial charge is 0.373 e. The Kier molecular flexibility index (Phi) is 5.79. The average Bonchev–Trinajstić information content (AvgIpc) is 2.40. The molecule has 1 N–H and O–H groups in total. The van der Waals surface area contributed by atoms with Crippen molar-refractivity contribution in [1.82, 2.24) is 5.32 Å². The van der Waals surface area contributed by atoms with Crippen molar-refractivity contribution in [3.05, 3.63) is 34.1 Å². The van der Waals surface area contributed by atoms with Crippen LogP contribution in [0.15, 0.2) is 22.7 Å². The Bertz CT molecular complexity index is 413. The molecule has 106 valence electrons. The minimum atomic E-state index is -0.216. The number of benzene rings is 1. The Hall–Kier alpha value is -0.450. The van der Waals surface area contributed by atoms with Gasteiger partial charge in [0.05, 0.1) is 6.10 Å². The van der Waals surface area contributed by atoms with Gasteiger partial charge in [0.1, 0.15) is 5.82 Å². The van der Waals surface area contributed by atoms with Gasteiger partial charge in [0.2, 0.25) is 0 Å². The van der Waals surface area contributed by atoms with Crippen molar-refractivity contribution in [3.8, 4) is 0 Å². The van der Waals surface area contributed by atoms with Crippen molar-refractivity contribution in [1.29, 1.82) is 0 Å². The van der Waals surface area contributed by atoms with Crippen LogP contribution in [0, 0.1) is 11.7 Å². The Morgan fingerprint density at radius 1 is 1.47 bits per heavy atom. The van der Waals surface area contributed by atoms with Crippen molar-refractivity contribution in [2.45, 2.75) is 32.3 Å². The fourth-order valence-electron chi connectivity index (χ4n) is 2.59. The number of hydrogen-bond donors (Lipinski definition) is 1. The zero-order valence-corrected chi connectivity index (χ0v) is 12.9. The van der Waals surface area contributed by atoms with Crippen molar-refractivity contribution in [2.75, 3.05) is 19.7 Å². The maximum atomic E-state index is 13.2. The Morgan fingerprint density at radius 2 is 2.32 bits per heavy atom. The molecule has 0 aliphatic carbocycles. The molecular formula is C15H21BrFNO. The van der Waals surface area contributed by atoms with Crippen molar-refractivity contribution in [2.24, 2.45) is 5.92 Å². The first-order chi connectivity index (χ1) is 9.22. The third-order valence-electron chi connectivity index (χ3n) is 3.55. The van der Waals surface area contributed by atoms with Crippen molar-refractivity contribution < 1.29 is 9.13 Å². The summed E-state index contributed by atoms with van der Waals surface area (Å²) in [5, 5.41) is 3.47. The van der Waals surface area contributed by atoms with Gasteiger partial charge < -0.3 is 10.1 Å². The second kappa shape index (κ2) is 7.36. The van der Waals surface area contributed by atoms with E-state index in [9.17, 15) is 4.39 Å². The van der Waals surface area contributed by atoms with E-state index in [-0.39, 0.29) is 11.9 Å². The first kappa shape index (κ1) is 14.9. The summed E-state index contributed by atoms with van der Waals surface area (Å²) in [4.78, 5) is 0. The highest BCUT2D eigenvalue weighted by Gasteiger charge is 2.28. The Morgan fingerprint density at radius 3 is 3.05 bits per heavy atom. The van der Waals surface area contributed by atoms with Gasteiger partial charge in [0.25, 0.3) is 0 Å². The molecule has 1 aromatic carbocycles. The molecule has 0 aromatic heterocycles. The van der Waals surface area contributed by atoms with Crippen LogP contribution < -0.4 is 5.32 Å². The van der Waals surface area contributed by atoms with Gasteiger partial charge in [0, 0.05) is 23.5 Å². The molecule has 19 heavy (non-hydrogen) atoms. The first-order valence-corrected chi connectivity index (χ1v) is 7.79. The zero-order valence-electron chi connectivity index (χ0n) is 11.3. The Balaban J connectivity index is 2.09. The van der Waals surface area contributed by atoms with Crippen LogP contribution in [0.3, 0.4) is 0 Å². The minimum Gasteiger partial charge on any atom is -0.373 e. The van der Waals surface area contributed by atoms with Gasteiger partial charge in [-0.2, -0.15) is 0 Å². The number of halogens is 2. The van der Waals surface area contributed by atoms with E-state index in [1.807, 2.05) is 6.07 Å². The molecule has 0 radical (unpaired) electrons. The Labute approximate surface area is 122 Å². The summed E-state index contributed by atoms with van der Waals surface area (Å²) < 4.78 is 19.9. The normalized spacial score (nSPS) is 23.5. The molecule has 0 spiro atoms. The lowest BCUT2D eigenvalue weighted by Gasteiger charge is -2.33. The number of hydrogen-bond acceptors (Lipinski definition) is 2. The number of nitrogens with one attached hydrogen (secondary N) is 1. The predicted molar refractivity (Wildman–Crippen MR) is 78.7 cm³/mol. The van der Waals surface area contributed by atoms with Crippen LogP contribution in [-0.2, 0) is 4.74 Å². The van der Waals surface area contributed by atoms with Gasteiger partial charge in [-0.05, 0) is 43.5 Å². The summed E-state index contributed by atoms with van der Waals surface area (Å²) in [6.07, 6.45) is 3.46. The molecular weight excluding hydrogens is 309 g/mol. The number of rotatable bonds is 5. The molecule has 1 saturated heterocycles. The molecule has 0 amide bonds. The smallest absolute Gasteiger partial charge is 0.124 e. The average molecular weight is 330 g/mol. The second-order valence-corrected chi connectivity index (χ2v) is 5.92. The van der Waals surface area contributed by atoms with E-state index in [1.165, 1.54) is 12.1 Å². The van der Waals surface area contributed by atoms with E-state index in [0.717, 1.165) is 49.0 Å². The summed E-state index contributed by atoms with van der Waals surface area (Å²) in [6.45, 7) is 4.95. The fourth-order valence-corrected chi connectivity index (χ4v) is 3.17. The SMILES string of the molecule is CCCNCC1CCCOC1c1ccc(F)cc1Br. The van der Waals surface area contributed by atoms with Crippen LogP contribution in [-0.4, -0.2) is 19.7 Å². The molecule has 4 heteroatoms. The fraction of sp³-hybridized carbons (Fsp3) is 0.600. The molecule has 2 nitrogen and oxygen atoms in total. The van der Waals surface area contributed by atoms with Crippen molar-refractivity contribution in [3.63, 3.8) is 0 Å². The molecule has 1 aliphatic rings. The van der Waals surface area contributed by atoms with Crippen LogP contribution in [0.4, 0.5) is 4.39 Å². The molecule has 2 atom stereocenters. The summed E-state index contributed by atoms with van der Waals surface area (Å²) in [6, 6.07) is 4.86. The van der Waals surface area contributed by atoms with Gasteiger partial charge in [-0.1, -0.05) is 28.9 Å². The summed E-state index contributed by atoms with van der Waals surface area (Å²) in [5.74, 6) is 0.245. The van der Waals surface area contributed by atoms with E-state index >= 15 is 0 Å². The standard InChI is InChI=1S/C15H21BrFNO/c1-2-7-18-10-11-4-3-8-19-15(11)13-6-5-12(17)9-14(13)16/h5-6,9,11,15,18H,2-4,7-8,10H2,1H3. The maximum Gasteiger partial charge on any atom is 0.124 e. The van der Waals surface area contributed by atoms with Gasteiger partial charge >= 0.3 is 0 Å². The molecule has 0 saturated carbocycles. The summed E-state index contributed by atoms with van der Waals surface area (Å²) in [5.41, 5.74) is 1.06. The highest BCUT2D eigenvalue weighted by Crippen LogP contribution is 2.37. The lowest BCUT2D eigenvalue weighted by atomic mass is 9.89. The summed E-state index contributed by atoms with van der Waals surface area (Å²) >= 11 is 3.45. The maximum absolute atomic E-state index is 13.2. The molecule has 1 aromatic rings. The van der Waals surface area contributed by atoms with E-state index < -0.39 is 0 Å². The van der Waals surface area contributed by atoms with Gasteiger partial charge in [-0.3, -0.25) is 0 Å². The molecule has 1 heterocycles. The number of ether oxygens (including phenoxy) is 1. The van der Waals surface area contributed by atoms with Gasteiger partial charge in [0.15, 0.2) is 0 Å². The lowest BCUT2D eigenvalue weighted by molar-refractivity contribution is -0.0281. The van der Waals surface area contributed by atoms with E-state index in [2.05, 4.69) is 28.2 Å². The third kappa shape index (κ3) is 4.01. The third-order valence-corrected chi connectivity index (χ3v) is 4.23. The van der Waals surface area contributed by atoms with Crippen LogP contribution >= 0.6 is 15.9 Å². The minimum absolute atomic E-state index is 0.0630. The van der Waals surface area contributed by atoms with Crippen LogP contribution in [0.2, 0.25) is 0 Å². The van der Waals surface area contributed by atoms with E-state index in [4.69, 9.17) is 4.74 Å². The lowest BCUT2D eigenvalue weighted by Crippen LogP contribution is -2.32. The molecule has 2 unspecified atom stereocenters. The highest BCUT2D eigenvalue weighted by molar-refractivity contribution is 9.10. The van der Waals surface area contributed by atoms with Gasteiger partial charge in [-0.15, -0.1) is 0 Å². The van der Waals surface area contributed by atoms with Crippen LogP contribution in [0.1, 0.15) is 37.9 Å². The van der Waals surface area contributed by atoms with Crippen LogP contribution in [0.25, 0.3) is 0 Å².